The van der Waals surface area contributed by atoms with Crippen LogP contribution in [0.4, 0.5) is 0 Å². The minimum absolute atomic E-state index is 0.00762. The van der Waals surface area contributed by atoms with Crippen LogP contribution >= 0.6 is 22.6 Å². The molecule has 1 saturated heterocycles. The van der Waals surface area contributed by atoms with E-state index >= 15 is 0 Å². The number of benzene rings is 2. The van der Waals surface area contributed by atoms with Gasteiger partial charge in [-0.25, -0.2) is 4.79 Å². The van der Waals surface area contributed by atoms with Crippen LogP contribution in [0.1, 0.15) is 28.3 Å². The maximum absolute atomic E-state index is 13.3. The van der Waals surface area contributed by atoms with Crippen LogP contribution in [0.25, 0.3) is 10.9 Å². The number of aromatic nitrogens is 1. The number of rotatable bonds is 3. The summed E-state index contributed by atoms with van der Waals surface area (Å²) in [6.07, 6.45) is 2.78. The van der Waals surface area contributed by atoms with Crippen LogP contribution < -0.4 is 5.32 Å². The van der Waals surface area contributed by atoms with E-state index in [1.54, 1.807) is 12.1 Å². The molecule has 1 aromatic heterocycles. The quantitative estimate of drug-likeness (QED) is 0.328. The summed E-state index contributed by atoms with van der Waals surface area (Å²) in [5.41, 5.74) is 1.70. The summed E-state index contributed by atoms with van der Waals surface area (Å²) >= 11 is 2.44. The fourth-order valence-electron chi connectivity index (χ4n) is 5.90. The Morgan fingerprint density at radius 1 is 1.14 bits per heavy atom. The number of carbonyl (C=O) groups is 2. The summed E-state index contributed by atoms with van der Waals surface area (Å²) in [6, 6.07) is 17.2. The normalized spacial score (nSPS) is 34.5. The smallest absolute Gasteiger partial charge is 0.333 e. The van der Waals surface area contributed by atoms with Gasteiger partial charge in [0.25, 0.3) is 5.91 Å². The fraction of sp³-hybridized carbons (Fsp3) is 0.304. The Morgan fingerprint density at radius 3 is 2.72 bits per heavy atom. The number of alkyl halides is 1. The van der Waals surface area contributed by atoms with Crippen LogP contribution in [0, 0.1) is 11.8 Å². The lowest BCUT2D eigenvalue weighted by Crippen LogP contribution is -2.60. The van der Waals surface area contributed by atoms with Crippen molar-refractivity contribution in [1.82, 2.24) is 10.3 Å². The molecule has 1 amide bonds. The van der Waals surface area contributed by atoms with Gasteiger partial charge in [-0.2, -0.15) is 0 Å². The molecule has 3 aromatic rings. The lowest BCUT2D eigenvalue weighted by molar-refractivity contribution is -0.145. The molecule has 0 spiro atoms. The number of hydrogen-bond donors (Lipinski definition) is 2. The number of nitrogens with one attached hydrogen (secondary N) is 2. The van der Waals surface area contributed by atoms with E-state index in [0.717, 1.165) is 22.9 Å². The molecular formula is C23H19IN2O3. The number of hydrogen-bond acceptors (Lipinski definition) is 3. The highest BCUT2D eigenvalue weighted by Gasteiger charge is 2.75. The molecule has 0 unspecified atom stereocenters. The second kappa shape index (κ2) is 6.08. The first-order valence-corrected chi connectivity index (χ1v) is 11.1. The molecule has 2 aromatic carbocycles. The number of para-hydroxylation sites is 1. The summed E-state index contributed by atoms with van der Waals surface area (Å²) in [6.45, 7) is 0. The molecule has 0 radical (unpaired) electrons. The predicted molar refractivity (Wildman–Crippen MR) is 117 cm³/mol. The summed E-state index contributed by atoms with van der Waals surface area (Å²) in [5.74, 6) is -0.315. The number of ether oxygens (including phenoxy) is 1. The lowest BCUT2D eigenvalue weighted by Gasteiger charge is -2.38. The average molecular weight is 498 g/mol. The van der Waals surface area contributed by atoms with Gasteiger partial charge in [-0.3, -0.25) is 4.79 Å². The number of fused-ring (bicyclic) bond motifs is 2. The predicted octanol–water partition coefficient (Wildman–Crippen LogP) is 3.80. The third kappa shape index (κ3) is 2.21. The van der Waals surface area contributed by atoms with Crippen molar-refractivity contribution in [3.05, 3.63) is 71.9 Å². The van der Waals surface area contributed by atoms with Crippen LogP contribution in [-0.2, 0) is 9.53 Å². The monoisotopic (exact) mass is 498 g/mol. The largest absolute Gasteiger partial charge is 0.459 e. The maximum Gasteiger partial charge on any atom is 0.333 e. The molecule has 146 valence electrons. The zero-order valence-corrected chi connectivity index (χ0v) is 17.6. The molecular weight excluding hydrogens is 479 g/mol. The van der Waals surface area contributed by atoms with Crippen molar-refractivity contribution in [2.24, 2.45) is 11.8 Å². The van der Waals surface area contributed by atoms with E-state index in [1.807, 2.05) is 42.6 Å². The Bertz CT molecular complexity index is 1140. The Kier molecular flexibility index (Phi) is 3.67. The minimum atomic E-state index is -1.01. The van der Waals surface area contributed by atoms with E-state index in [2.05, 4.69) is 39.0 Å². The Labute approximate surface area is 181 Å². The second-order valence-corrected chi connectivity index (χ2v) is 9.72. The first kappa shape index (κ1) is 17.5. The molecule has 2 aliphatic carbocycles. The molecule has 29 heavy (non-hydrogen) atoms. The van der Waals surface area contributed by atoms with E-state index in [0.29, 0.717) is 5.56 Å². The van der Waals surface area contributed by atoms with Crippen LogP contribution in [-0.4, -0.2) is 32.4 Å². The van der Waals surface area contributed by atoms with Gasteiger partial charge in [0.15, 0.2) is 5.54 Å². The van der Waals surface area contributed by atoms with E-state index < -0.39 is 5.54 Å². The van der Waals surface area contributed by atoms with Gasteiger partial charge < -0.3 is 15.0 Å². The van der Waals surface area contributed by atoms with Crippen molar-refractivity contribution in [3.63, 3.8) is 0 Å². The standard InChI is InChI=1S/C23H19IN2O3/c24-19-14-10-16-20(19)29-22(28)23(16,26-21(27)12-6-2-1-3-7-12)18(14)15-11-25-17-9-5-4-8-13(15)17/h1-9,11,14,16,18-20,25H,10H2,(H,26,27)/t14-,16-,18-,19-,20-,23-/m0/s1. The second-order valence-electron chi connectivity index (χ2n) is 8.28. The molecule has 6 atom stereocenters. The van der Waals surface area contributed by atoms with Crippen LogP contribution in [0.3, 0.4) is 0 Å². The van der Waals surface area contributed by atoms with Gasteiger partial charge in [-0.05, 0) is 36.1 Å². The highest BCUT2D eigenvalue weighted by atomic mass is 127. The first-order valence-electron chi connectivity index (χ1n) is 9.90. The van der Waals surface area contributed by atoms with Gasteiger partial charge >= 0.3 is 5.97 Å². The molecule has 3 fully saturated rings. The summed E-state index contributed by atoms with van der Waals surface area (Å²) in [7, 11) is 0. The SMILES string of the molecule is O=C(N[C@@]12C(=O)O[C@@H]3[C@@H](I)[C@@H](C[C@@H]31)[C@H]2c1c[nH]c2ccccc12)c1ccccc1. The van der Waals surface area contributed by atoms with Crippen molar-refractivity contribution in [3.8, 4) is 0 Å². The van der Waals surface area contributed by atoms with Gasteiger partial charge in [0.05, 0.1) is 3.92 Å². The van der Waals surface area contributed by atoms with E-state index in [4.69, 9.17) is 4.74 Å². The van der Waals surface area contributed by atoms with Crippen molar-refractivity contribution < 1.29 is 14.3 Å². The van der Waals surface area contributed by atoms with Gasteiger partial charge in [0.1, 0.15) is 6.10 Å². The first-order chi connectivity index (χ1) is 14.1. The van der Waals surface area contributed by atoms with Gasteiger partial charge in [-0.1, -0.05) is 59.0 Å². The number of aromatic amines is 1. The molecule has 1 aliphatic heterocycles. The van der Waals surface area contributed by atoms with E-state index in [-0.39, 0.29) is 39.7 Å². The molecule has 2 saturated carbocycles. The summed E-state index contributed by atoms with van der Waals surface area (Å²) in [4.78, 5) is 29.8. The number of esters is 1. The van der Waals surface area contributed by atoms with Crippen molar-refractivity contribution in [2.75, 3.05) is 0 Å². The highest BCUT2D eigenvalue weighted by molar-refractivity contribution is 14.1. The van der Waals surface area contributed by atoms with Gasteiger partial charge in [-0.15, -0.1) is 0 Å². The lowest BCUT2D eigenvalue weighted by atomic mass is 9.70. The Balaban J connectivity index is 1.50. The molecule has 2 N–H and O–H groups in total. The Morgan fingerprint density at radius 2 is 1.90 bits per heavy atom. The molecule has 3 aliphatic rings. The van der Waals surface area contributed by atoms with E-state index in [9.17, 15) is 9.59 Å². The van der Waals surface area contributed by atoms with Gasteiger partial charge in [0.2, 0.25) is 0 Å². The zero-order valence-electron chi connectivity index (χ0n) is 15.5. The van der Waals surface area contributed by atoms with Crippen molar-refractivity contribution >= 4 is 45.4 Å². The van der Waals surface area contributed by atoms with Crippen LogP contribution in [0.2, 0.25) is 0 Å². The third-order valence-corrected chi connectivity index (χ3v) is 8.68. The van der Waals surface area contributed by atoms with Crippen LogP contribution in [0.15, 0.2) is 60.8 Å². The number of amides is 1. The highest BCUT2D eigenvalue weighted by Crippen LogP contribution is 2.65. The Hall–Kier alpha value is -2.35. The molecule has 2 bridgehead atoms. The van der Waals surface area contributed by atoms with Crippen molar-refractivity contribution in [2.45, 2.75) is 27.9 Å². The number of carbonyl (C=O) groups excluding carboxylic acids is 2. The van der Waals surface area contributed by atoms with Crippen molar-refractivity contribution in [1.29, 1.82) is 0 Å². The number of H-pyrrole nitrogens is 1. The molecule has 2 heterocycles. The van der Waals surface area contributed by atoms with E-state index in [1.165, 1.54) is 0 Å². The van der Waals surface area contributed by atoms with Gasteiger partial charge in [0, 0.05) is 34.5 Å². The molecule has 6 rings (SSSR count). The third-order valence-electron chi connectivity index (χ3n) is 7.04. The van der Waals surface area contributed by atoms with Crippen LogP contribution in [0.5, 0.6) is 0 Å². The molecule has 5 nitrogen and oxygen atoms in total. The minimum Gasteiger partial charge on any atom is -0.459 e. The zero-order chi connectivity index (χ0) is 19.8. The maximum atomic E-state index is 13.3. The summed E-state index contributed by atoms with van der Waals surface area (Å²) in [5, 5.41) is 4.28. The topological polar surface area (TPSA) is 71.2 Å². The summed E-state index contributed by atoms with van der Waals surface area (Å²) < 4.78 is 6.11. The molecule has 6 heteroatoms. The average Bonchev–Trinajstić information content (AvgIpc) is 3.44. The number of halogens is 1. The fourth-order valence-corrected chi connectivity index (χ4v) is 7.26.